The largest absolute Gasteiger partial charge is 0.497 e. The summed E-state index contributed by atoms with van der Waals surface area (Å²) in [6.45, 7) is 0.554. The molecule has 4 nitrogen and oxygen atoms in total. The van der Waals surface area contributed by atoms with Gasteiger partial charge in [0.15, 0.2) is 0 Å². The van der Waals surface area contributed by atoms with E-state index >= 15 is 0 Å². The molecule has 0 aliphatic carbocycles. The van der Waals surface area contributed by atoms with Crippen LogP contribution in [0.2, 0.25) is 0 Å². The van der Waals surface area contributed by atoms with Gasteiger partial charge in [-0.15, -0.1) is 0 Å². The van der Waals surface area contributed by atoms with Gasteiger partial charge in [0.05, 0.1) is 12.7 Å². The third-order valence-electron chi connectivity index (χ3n) is 3.10. The Balaban J connectivity index is 1.98. The monoisotopic (exact) mass is 289 g/mol. The van der Waals surface area contributed by atoms with E-state index in [1.807, 2.05) is 24.3 Å². The summed E-state index contributed by atoms with van der Waals surface area (Å²) in [4.78, 5) is 11.1. The summed E-state index contributed by atoms with van der Waals surface area (Å²) >= 11 is 0. The van der Waals surface area contributed by atoms with Crippen LogP contribution >= 0.6 is 0 Å². The van der Waals surface area contributed by atoms with E-state index in [1.54, 1.807) is 7.11 Å². The van der Waals surface area contributed by atoms with Crippen LogP contribution in [0.3, 0.4) is 0 Å². The first-order valence-corrected chi connectivity index (χ1v) is 6.50. The molecule has 0 unspecified atom stereocenters. The quantitative estimate of drug-likeness (QED) is 0.857. The van der Waals surface area contributed by atoms with E-state index < -0.39 is 11.8 Å². The molecular weight excluding hydrogens is 273 g/mol. The van der Waals surface area contributed by atoms with E-state index in [9.17, 15) is 9.18 Å². The number of hydrogen-bond donors (Lipinski definition) is 2. The lowest BCUT2D eigenvalue weighted by molar-refractivity contribution is 0.0697. The van der Waals surface area contributed by atoms with Crippen molar-refractivity contribution >= 4 is 11.7 Å². The normalized spacial score (nSPS) is 10.2. The molecular formula is C16H16FNO3. The predicted octanol–water partition coefficient (Wildman–Crippen LogP) is 3.19. The minimum absolute atomic E-state index is 0.0651. The first-order chi connectivity index (χ1) is 10.1. The van der Waals surface area contributed by atoms with Crippen molar-refractivity contribution in [2.24, 2.45) is 0 Å². The number of carbonyl (C=O) groups is 1. The molecule has 2 aromatic carbocycles. The topological polar surface area (TPSA) is 58.6 Å². The molecule has 0 heterocycles. The molecule has 0 aliphatic rings. The van der Waals surface area contributed by atoms with Crippen LogP contribution in [0.25, 0.3) is 0 Å². The second kappa shape index (κ2) is 6.74. The van der Waals surface area contributed by atoms with Crippen LogP contribution in [0.15, 0.2) is 42.5 Å². The summed E-state index contributed by atoms with van der Waals surface area (Å²) in [5.74, 6) is -0.923. The average Bonchev–Trinajstić information content (AvgIpc) is 2.49. The maximum absolute atomic E-state index is 13.1. The predicted molar refractivity (Wildman–Crippen MR) is 78.5 cm³/mol. The fraction of sp³-hybridized carbons (Fsp3) is 0.188. The maximum atomic E-state index is 13.1. The number of anilines is 1. The summed E-state index contributed by atoms with van der Waals surface area (Å²) in [5, 5.41) is 12.1. The molecule has 2 rings (SSSR count). The van der Waals surface area contributed by atoms with Gasteiger partial charge in [0.1, 0.15) is 11.6 Å². The number of nitrogens with one attached hydrogen (secondary N) is 1. The summed E-state index contributed by atoms with van der Waals surface area (Å²) < 4.78 is 18.1. The van der Waals surface area contributed by atoms with Gasteiger partial charge in [-0.05, 0) is 42.3 Å². The SMILES string of the molecule is COc1ccc(CCNc2ccc(F)cc2C(=O)O)cc1. The van der Waals surface area contributed by atoms with Crippen molar-refractivity contribution in [3.05, 3.63) is 59.4 Å². The number of benzene rings is 2. The van der Waals surface area contributed by atoms with Crippen LogP contribution in [0, 0.1) is 5.82 Å². The molecule has 0 radical (unpaired) electrons. The van der Waals surface area contributed by atoms with Crippen LogP contribution < -0.4 is 10.1 Å². The molecule has 0 aliphatic heterocycles. The minimum atomic E-state index is -1.15. The number of rotatable bonds is 6. The summed E-state index contributed by atoms with van der Waals surface area (Å²) in [7, 11) is 1.61. The van der Waals surface area contributed by atoms with Crippen LogP contribution in [0.1, 0.15) is 15.9 Å². The Morgan fingerprint density at radius 3 is 2.57 bits per heavy atom. The lowest BCUT2D eigenvalue weighted by Crippen LogP contribution is -2.09. The van der Waals surface area contributed by atoms with Gasteiger partial charge in [-0.25, -0.2) is 9.18 Å². The third-order valence-corrected chi connectivity index (χ3v) is 3.10. The number of methoxy groups -OCH3 is 1. The van der Waals surface area contributed by atoms with Gasteiger partial charge in [0.25, 0.3) is 0 Å². The number of ether oxygens (including phenoxy) is 1. The number of carboxylic acids is 1. The molecule has 0 atom stereocenters. The van der Waals surface area contributed by atoms with Gasteiger partial charge in [-0.1, -0.05) is 12.1 Å². The summed E-state index contributed by atoms with van der Waals surface area (Å²) in [6, 6.07) is 11.3. The molecule has 0 bridgehead atoms. The van der Waals surface area contributed by atoms with Crippen LogP contribution in [-0.4, -0.2) is 24.7 Å². The Labute approximate surface area is 122 Å². The fourth-order valence-electron chi connectivity index (χ4n) is 1.98. The zero-order valence-corrected chi connectivity index (χ0v) is 11.6. The summed E-state index contributed by atoms with van der Waals surface area (Å²) in [5.41, 5.74) is 1.45. The van der Waals surface area contributed by atoms with E-state index in [-0.39, 0.29) is 5.56 Å². The van der Waals surface area contributed by atoms with Gasteiger partial charge in [0.2, 0.25) is 0 Å². The average molecular weight is 289 g/mol. The number of hydrogen-bond acceptors (Lipinski definition) is 3. The maximum Gasteiger partial charge on any atom is 0.337 e. The molecule has 0 saturated carbocycles. The van der Waals surface area contributed by atoms with Gasteiger partial charge in [0, 0.05) is 12.2 Å². The van der Waals surface area contributed by atoms with Gasteiger partial charge < -0.3 is 15.2 Å². The Kier molecular flexibility index (Phi) is 4.77. The molecule has 2 aromatic rings. The molecule has 21 heavy (non-hydrogen) atoms. The number of aromatic carboxylic acids is 1. The molecule has 2 N–H and O–H groups in total. The molecule has 0 aromatic heterocycles. The van der Waals surface area contributed by atoms with Crippen molar-refractivity contribution < 1.29 is 19.0 Å². The Morgan fingerprint density at radius 1 is 1.24 bits per heavy atom. The van der Waals surface area contributed by atoms with E-state index in [4.69, 9.17) is 9.84 Å². The van der Waals surface area contributed by atoms with Crippen LogP contribution in [0.4, 0.5) is 10.1 Å². The fourth-order valence-corrected chi connectivity index (χ4v) is 1.98. The van der Waals surface area contributed by atoms with E-state index in [2.05, 4.69) is 5.32 Å². The summed E-state index contributed by atoms with van der Waals surface area (Å²) in [6.07, 6.45) is 0.723. The highest BCUT2D eigenvalue weighted by molar-refractivity contribution is 5.94. The highest BCUT2D eigenvalue weighted by Gasteiger charge is 2.10. The number of halogens is 1. The third kappa shape index (κ3) is 3.95. The molecule has 0 spiro atoms. The zero-order valence-electron chi connectivity index (χ0n) is 11.6. The first kappa shape index (κ1) is 14.8. The lowest BCUT2D eigenvalue weighted by atomic mass is 10.1. The van der Waals surface area contributed by atoms with Gasteiger partial charge in [-0.2, -0.15) is 0 Å². The van der Waals surface area contributed by atoms with E-state index in [0.29, 0.717) is 12.2 Å². The van der Waals surface area contributed by atoms with Crippen molar-refractivity contribution in [3.8, 4) is 5.75 Å². The molecule has 5 heteroatoms. The molecule has 0 amide bonds. The minimum Gasteiger partial charge on any atom is -0.497 e. The van der Waals surface area contributed by atoms with E-state index in [1.165, 1.54) is 12.1 Å². The van der Waals surface area contributed by atoms with Gasteiger partial charge >= 0.3 is 5.97 Å². The van der Waals surface area contributed by atoms with Crippen molar-refractivity contribution in [3.63, 3.8) is 0 Å². The van der Waals surface area contributed by atoms with E-state index in [0.717, 1.165) is 23.8 Å². The lowest BCUT2D eigenvalue weighted by Gasteiger charge is -2.10. The second-order valence-electron chi connectivity index (χ2n) is 4.52. The van der Waals surface area contributed by atoms with Crippen molar-refractivity contribution in [1.29, 1.82) is 0 Å². The Hall–Kier alpha value is -2.56. The highest BCUT2D eigenvalue weighted by Crippen LogP contribution is 2.17. The van der Waals surface area contributed by atoms with Crippen molar-refractivity contribution in [2.75, 3.05) is 19.0 Å². The highest BCUT2D eigenvalue weighted by atomic mass is 19.1. The standard InChI is InChI=1S/C16H16FNO3/c1-21-13-5-2-11(3-6-13)8-9-18-15-7-4-12(17)10-14(15)16(19)20/h2-7,10,18H,8-9H2,1H3,(H,19,20). The molecule has 0 fully saturated rings. The smallest absolute Gasteiger partial charge is 0.337 e. The van der Waals surface area contributed by atoms with Gasteiger partial charge in [-0.3, -0.25) is 0 Å². The second-order valence-corrected chi connectivity index (χ2v) is 4.52. The molecule has 110 valence electrons. The van der Waals surface area contributed by atoms with Crippen LogP contribution in [-0.2, 0) is 6.42 Å². The van der Waals surface area contributed by atoms with Crippen molar-refractivity contribution in [2.45, 2.75) is 6.42 Å². The van der Waals surface area contributed by atoms with Crippen LogP contribution in [0.5, 0.6) is 5.75 Å². The number of carboxylic acid groups (broad SMARTS) is 1. The zero-order chi connectivity index (χ0) is 15.2. The Bertz CT molecular complexity index is 626. The molecule has 0 saturated heterocycles. The van der Waals surface area contributed by atoms with Crippen molar-refractivity contribution in [1.82, 2.24) is 0 Å². The first-order valence-electron chi connectivity index (χ1n) is 6.50. The Morgan fingerprint density at radius 2 is 1.95 bits per heavy atom.